The van der Waals surface area contributed by atoms with Crippen LogP contribution in [0.25, 0.3) is 0 Å². The Hall–Kier alpha value is -1.23. The van der Waals surface area contributed by atoms with Crippen molar-refractivity contribution in [1.29, 1.82) is 0 Å². The monoisotopic (exact) mass is 303 g/mol. The summed E-state index contributed by atoms with van der Waals surface area (Å²) >= 11 is 0. The summed E-state index contributed by atoms with van der Waals surface area (Å²) in [4.78, 5) is 0. The van der Waals surface area contributed by atoms with Crippen molar-refractivity contribution in [3.8, 4) is 5.75 Å². The molecule has 21 heavy (non-hydrogen) atoms. The maximum Gasteiger partial charge on any atom is 0.573 e. The van der Waals surface area contributed by atoms with E-state index in [-0.39, 0.29) is 17.7 Å². The van der Waals surface area contributed by atoms with Crippen LogP contribution in [0, 0.1) is 5.92 Å². The summed E-state index contributed by atoms with van der Waals surface area (Å²) in [6.07, 6.45) is -0.628. The Morgan fingerprint density at radius 1 is 1.19 bits per heavy atom. The maximum absolute atomic E-state index is 12.5. The van der Waals surface area contributed by atoms with Gasteiger partial charge in [-0.2, -0.15) is 0 Å². The molecule has 0 saturated carbocycles. The van der Waals surface area contributed by atoms with E-state index in [1.165, 1.54) is 6.07 Å². The summed E-state index contributed by atoms with van der Waals surface area (Å²) in [7, 11) is 1.78. The van der Waals surface area contributed by atoms with Gasteiger partial charge >= 0.3 is 6.36 Å². The highest BCUT2D eigenvalue weighted by atomic mass is 19.4. The highest BCUT2D eigenvalue weighted by Crippen LogP contribution is 2.36. The van der Waals surface area contributed by atoms with E-state index < -0.39 is 6.36 Å². The fraction of sp³-hybridized carbons (Fsp3) is 0.625. The van der Waals surface area contributed by atoms with Crippen molar-refractivity contribution >= 4 is 0 Å². The van der Waals surface area contributed by atoms with Gasteiger partial charge in [-0.15, -0.1) is 13.2 Å². The van der Waals surface area contributed by atoms with Crippen LogP contribution >= 0.6 is 0 Å². The van der Waals surface area contributed by atoms with Crippen LogP contribution in [-0.4, -0.2) is 13.4 Å². The Morgan fingerprint density at radius 3 is 2.38 bits per heavy atom. The first kappa shape index (κ1) is 17.8. The van der Waals surface area contributed by atoms with Crippen molar-refractivity contribution in [2.75, 3.05) is 7.05 Å². The summed E-state index contributed by atoms with van der Waals surface area (Å²) in [5.41, 5.74) is 0.570. The summed E-state index contributed by atoms with van der Waals surface area (Å²) < 4.78 is 41.8. The van der Waals surface area contributed by atoms with Crippen molar-refractivity contribution in [2.45, 2.75) is 51.9 Å². The predicted octanol–water partition coefficient (Wildman–Crippen LogP) is 5.06. The van der Waals surface area contributed by atoms with Crippen molar-refractivity contribution < 1.29 is 17.9 Å². The van der Waals surface area contributed by atoms with E-state index in [2.05, 4.69) is 23.9 Å². The topological polar surface area (TPSA) is 21.3 Å². The number of alkyl halides is 3. The van der Waals surface area contributed by atoms with Gasteiger partial charge in [0.15, 0.2) is 0 Å². The molecule has 1 aromatic carbocycles. The zero-order valence-corrected chi connectivity index (χ0v) is 12.8. The van der Waals surface area contributed by atoms with Crippen LogP contribution in [0.4, 0.5) is 13.2 Å². The number of rotatable bonds is 8. The minimum absolute atomic E-state index is 0.112. The Labute approximate surface area is 124 Å². The maximum atomic E-state index is 12.5. The van der Waals surface area contributed by atoms with Gasteiger partial charge in [-0.3, -0.25) is 0 Å². The van der Waals surface area contributed by atoms with Crippen molar-refractivity contribution in [1.82, 2.24) is 5.32 Å². The molecular weight excluding hydrogens is 279 g/mol. The Balaban J connectivity index is 3.03. The predicted molar refractivity (Wildman–Crippen MR) is 78.2 cm³/mol. The van der Waals surface area contributed by atoms with Gasteiger partial charge in [-0.25, -0.2) is 0 Å². The van der Waals surface area contributed by atoms with Gasteiger partial charge in [0.1, 0.15) is 5.75 Å². The van der Waals surface area contributed by atoms with E-state index in [9.17, 15) is 13.2 Å². The number of nitrogens with one attached hydrogen (secondary N) is 1. The van der Waals surface area contributed by atoms with Gasteiger partial charge in [-0.05, 0) is 25.5 Å². The van der Waals surface area contributed by atoms with Gasteiger partial charge in [-0.1, -0.05) is 51.3 Å². The fourth-order valence-electron chi connectivity index (χ4n) is 2.67. The molecule has 0 aliphatic carbocycles. The lowest BCUT2D eigenvalue weighted by Gasteiger charge is -2.28. The molecule has 0 bridgehead atoms. The van der Waals surface area contributed by atoms with Crippen LogP contribution in [0.2, 0.25) is 0 Å². The second-order valence-corrected chi connectivity index (χ2v) is 5.16. The zero-order valence-electron chi connectivity index (χ0n) is 12.8. The van der Waals surface area contributed by atoms with Crippen LogP contribution in [0.3, 0.4) is 0 Å². The molecule has 0 aliphatic heterocycles. The van der Waals surface area contributed by atoms with Crippen LogP contribution in [0.5, 0.6) is 5.75 Å². The van der Waals surface area contributed by atoms with Gasteiger partial charge in [0.25, 0.3) is 0 Å². The lowest BCUT2D eigenvalue weighted by atomic mass is 9.86. The van der Waals surface area contributed by atoms with E-state index in [0.29, 0.717) is 5.56 Å². The highest BCUT2D eigenvalue weighted by Gasteiger charge is 2.33. The van der Waals surface area contributed by atoms with Crippen LogP contribution in [-0.2, 0) is 0 Å². The molecule has 2 nitrogen and oxygen atoms in total. The third-order valence-electron chi connectivity index (χ3n) is 3.72. The second kappa shape index (κ2) is 8.27. The Morgan fingerprint density at radius 2 is 1.86 bits per heavy atom. The minimum atomic E-state index is -4.67. The van der Waals surface area contributed by atoms with E-state index in [1.807, 2.05) is 0 Å². The minimum Gasteiger partial charge on any atom is -0.405 e. The van der Waals surface area contributed by atoms with E-state index in [4.69, 9.17) is 0 Å². The molecule has 2 atom stereocenters. The van der Waals surface area contributed by atoms with E-state index in [1.54, 1.807) is 25.2 Å². The van der Waals surface area contributed by atoms with Crippen molar-refractivity contribution in [3.63, 3.8) is 0 Å². The largest absolute Gasteiger partial charge is 0.573 e. The summed E-state index contributed by atoms with van der Waals surface area (Å²) in [6, 6.07) is 6.25. The molecule has 0 radical (unpaired) electrons. The molecule has 0 amide bonds. The molecule has 0 aromatic heterocycles. The number of hydrogen-bond acceptors (Lipinski definition) is 2. The standard InChI is InChI=1S/C16H24F3NO/c1-4-6-9-12(5-2)15(20-3)13-10-7-8-11-14(13)21-16(17,18)19/h7-8,10-12,15,20H,4-6,9H2,1-3H3. The first-order valence-electron chi connectivity index (χ1n) is 7.44. The molecule has 1 rings (SSSR count). The lowest BCUT2D eigenvalue weighted by molar-refractivity contribution is -0.275. The van der Waals surface area contributed by atoms with Crippen molar-refractivity contribution in [2.24, 2.45) is 5.92 Å². The third-order valence-corrected chi connectivity index (χ3v) is 3.72. The van der Waals surface area contributed by atoms with Gasteiger partial charge < -0.3 is 10.1 Å². The van der Waals surface area contributed by atoms with Crippen LogP contribution in [0.15, 0.2) is 24.3 Å². The first-order valence-corrected chi connectivity index (χ1v) is 7.44. The molecule has 2 unspecified atom stereocenters. The third kappa shape index (κ3) is 5.58. The second-order valence-electron chi connectivity index (χ2n) is 5.16. The summed E-state index contributed by atoms with van der Waals surface area (Å²) in [5, 5.41) is 3.16. The number of halogens is 3. The molecule has 0 aliphatic rings. The molecule has 120 valence electrons. The molecule has 1 N–H and O–H groups in total. The molecule has 5 heteroatoms. The number of ether oxygens (including phenoxy) is 1. The molecule has 0 fully saturated rings. The van der Waals surface area contributed by atoms with Crippen LogP contribution in [0.1, 0.15) is 51.1 Å². The quantitative estimate of drug-likeness (QED) is 0.724. The summed E-state index contributed by atoms with van der Waals surface area (Å²) in [5.74, 6) is 0.173. The van der Waals surface area contributed by atoms with Crippen molar-refractivity contribution in [3.05, 3.63) is 29.8 Å². The number of hydrogen-bond donors (Lipinski definition) is 1. The molecule has 0 heterocycles. The van der Waals surface area contributed by atoms with Crippen LogP contribution < -0.4 is 10.1 Å². The SMILES string of the molecule is CCCCC(CC)C(NC)c1ccccc1OC(F)(F)F. The average Bonchev–Trinajstić information content (AvgIpc) is 2.43. The highest BCUT2D eigenvalue weighted by molar-refractivity contribution is 5.36. The fourth-order valence-corrected chi connectivity index (χ4v) is 2.67. The molecule has 0 saturated heterocycles. The van der Waals surface area contributed by atoms with Gasteiger partial charge in [0, 0.05) is 11.6 Å². The number of benzene rings is 1. The molecule has 0 spiro atoms. The zero-order chi connectivity index (χ0) is 15.9. The average molecular weight is 303 g/mol. The van der Waals surface area contributed by atoms with E-state index in [0.717, 1.165) is 25.7 Å². The normalized spacial score (nSPS) is 14.8. The van der Waals surface area contributed by atoms with E-state index >= 15 is 0 Å². The lowest BCUT2D eigenvalue weighted by Crippen LogP contribution is -2.27. The Kier molecular flexibility index (Phi) is 7.02. The molecular formula is C16H24F3NO. The van der Waals surface area contributed by atoms with Gasteiger partial charge in [0.2, 0.25) is 0 Å². The molecule has 1 aromatic rings. The smallest absolute Gasteiger partial charge is 0.405 e. The number of unbranched alkanes of at least 4 members (excludes halogenated alkanes) is 1. The summed E-state index contributed by atoms with van der Waals surface area (Å²) in [6.45, 7) is 4.18. The number of para-hydroxylation sites is 1. The Bertz CT molecular complexity index is 420. The first-order chi connectivity index (χ1) is 9.92. The van der Waals surface area contributed by atoms with Gasteiger partial charge in [0.05, 0.1) is 0 Å².